The first-order chi connectivity index (χ1) is 17.8. The first-order valence-electron chi connectivity index (χ1n) is 11.6. The van der Waals surface area contributed by atoms with Crippen molar-refractivity contribution in [2.75, 3.05) is 29.9 Å². The minimum atomic E-state index is -3.91. The highest BCUT2D eigenvalue weighted by Crippen LogP contribution is 2.35. The number of methoxy groups -OCH3 is 1. The van der Waals surface area contributed by atoms with Crippen molar-refractivity contribution in [3.05, 3.63) is 78.1 Å². The monoisotopic (exact) mass is 541 g/mol. The van der Waals surface area contributed by atoms with Crippen molar-refractivity contribution in [1.29, 1.82) is 0 Å². The Balaban J connectivity index is 1.41. The van der Waals surface area contributed by atoms with Gasteiger partial charge in [0.25, 0.3) is 15.9 Å². The van der Waals surface area contributed by atoms with Gasteiger partial charge in [0.05, 0.1) is 29.4 Å². The van der Waals surface area contributed by atoms with E-state index in [2.05, 4.69) is 4.72 Å². The fraction of sp³-hybridized carbons (Fsp3) is 0.231. The number of sulfonamides is 1. The summed E-state index contributed by atoms with van der Waals surface area (Å²) in [6.45, 7) is 1.00. The van der Waals surface area contributed by atoms with Crippen LogP contribution >= 0.6 is 11.3 Å². The topological polar surface area (TPSA) is 97.8 Å². The molecule has 1 amide bonds. The van der Waals surface area contributed by atoms with Gasteiger partial charge in [-0.3, -0.25) is 14.4 Å². The zero-order valence-electron chi connectivity index (χ0n) is 19.9. The lowest BCUT2D eigenvalue weighted by molar-refractivity contribution is 0.0917. The van der Waals surface area contributed by atoms with Crippen LogP contribution in [0.4, 0.5) is 15.2 Å². The zero-order chi connectivity index (χ0) is 26.0. The lowest BCUT2D eigenvalue weighted by atomic mass is 10.1. The summed E-state index contributed by atoms with van der Waals surface area (Å²) in [4.78, 5) is 19.9. The highest BCUT2D eigenvalue weighted by molar-refractivity contribution is 7.92. The number of nitrogens with zero attached hydrogens (tertiary/aromatic N) is 2. The Labute approximate surface area is 217 Å². The summed E-state index contributed by atoms with van der Waals surface area (Å²) in [6.07, 6.45) is 1.69. The molecule has 1 atom stereocenters. The smallest absolute Gasteiger partial charge is 0.261 e. The molecule has 11 heteroatoms. The van der Waals surface area contributed by atoms with Gasteiger partial charge in [-0.05, 0) is 73.5 Å². The molecule has 1 saturated heterocycles. The van der Waals surface area contributed by atoms with E-state index in [9.17, 15) is 17.6 Å². The van der Waals surface area contributed by atoms with Crippen LogP contribution in [0.1, 0.15) is 23.2 Å². The third-order valence-electron chi connectivity index (χ3n) is 5.98. The Morgan fingerprint density at radius 3 is 2.59 bits per heavy atom. The number of hydrogen-bond donors (Lipinski definition) is 1. The second kappa shape index (κ2) is 10.4. The Morgan fingerprint density at radius 1 is 1.16 bits per heavy atom. The Kier molecular flexibility index (Phi) is 7.09. The van der Waals surface area contributed by atoms with Crippen LogP contribution in [0.25, 0.3) is 10.2 Å². The molecule has 0 spiro atoms. The lowest BCUT2D eigenvalue weighted by Crippen LogP contribution is -2.37. The summed E-state index contributed by atoms with van der Waals surface area (Å²) >= 11 is 1.39. The third-order valence-corrected chi connectivity index (χ3v) is 8.43. The van der Waals surface area contributed by atoms with Crippen molar-refractivity contribution >= 4 is 48.3 Å². The standard InChI is InChI=1S/C26H24FN3O5S2/c1-34-22-5-2-6-23-24(22)28-26(36-23)30(16-20-4-3-15-35-20)25(31)17-7-11-19(12-8-17)29-37(32,33)21-13-9-18(27)10-14-21/h2,5-14,20,29H,3-4,15-16H2,1H3. The van der Waals surface area contributed by atoms with Crippen molar-refractivity contribution in [1.82, 2.24) is 4.98 Å². The van der Waals surface area contributed by atoms with Gasteiger partial charge in [-0.15, -0.1) is 0 Å². The third kappa shape index (κ3) is 5.43. The molecule has 5 rings (SSSR count). The number of benzene rings is 3. The van der Waals surface area contributed by atoms with Gasteiger partial charge in [-0.2, -0.15) is 0 Å². The second-order valence-electron chi connectivity index (χ2n) is 8.49. The molecule has 1 aliphatic heterocycles. The minimum absolute atomic E-state index is 0.0666. The largest absolute Gasteiger partial charge is 0.494 e. The molecule has 2 heterocycles. The summed E-state index contributed by atoms with van der Waals surface area (Å²) in [5, 5.41) is 0.529. The number of rotatable bonds is 8. The van der Waals surface area contributed by atoms with Gasteiger partial charge in [0.1, 0.15) is 17.1 Å². The molecule has 1 aromatic heterocycles. The number of halogens is 1. The first kappa shape index (κ1) is 25.1. The Morgan fingerprint density at radius 2 is 1.92 bits per heavy atom. The molecule has 1 aliphatic rings. The molecule has 0 aliphatic carbocycles. The first-order valence-corrected chi connectivity index (χ1v) is 13.9. The van der Waals surface area contributed by atoms with Crippen molar-refractivity contribution in [2.45, 2.75) is 23.8 Å². The predicted molar refractivity (Wildman–Crippen MR) is 140 cm³/mol. The van der Waals surface area contributed by atoms with E-state index in [1.807, 2.05) is 18.2 Å². The fourth-order valence-corrected chi connectivity index (χ4v) is 6.15. The number of hydrogen-bond acceptors (Lipinski definition) is 7. The van der Waals surface area contributed by atoms with Gasteiger partial charge in [-0.25, -0.2) is 17.8 Å². The highest BCUT2D eigenvalue weighted by atomic mass is 32.2. The maximum atomic E-state index is 13.6. The molecular formula is C26H24FN3O5S2. The SMILES string of the molecule is COc1cccc2sc(N(CC3CCCO3)C(=O)c3ccc(NS(=O)(=O)c4ccc(F)cc4)cc3)nc12. The van der Waals surface area contributed by atoms with Crippen LogP contribution in [0.3, 0.4) is 0 Å². The van der Waals surface area contributed by atoms with E-state index in [4.69, 9.17) is 14.5 Å². The number of anilines is 2. The number of aromatic nitrogens is 1. The average Bonchev–Trinajstić information content (AvgIpc) is 3.57. The molecule has 1 unspecified atom stereocenters. The number of para-hydroxylation sites is 1. The van der Waals surface area contributed by atoms with Crippen molar-refractivity contribution in [2.24, 2.45) is 0 Å². The van der Waals surface area contributed by atoms with Crippen LogP contribution in [0, 0.1) is 5.82 Å². The van der Waals surface area contributed by atoms with E-state index >= 15 is 0 Å². The van der Waals surface area contributed by atoms with Crippen LogP contribution in [0.2, 0.25) is 0 Å². The van der Waals surface area contributed by atoms with Gasteiger partial charge in [0, 0.05) is 17.9 Å². The molecule has 8 nitrogen and oxygen atoms in total. The maximum absolute atomic E-state index is 13.6. The number of carbonyl (C=O) groups excluding carboxylic acids is 1. The van der Waals surface area contributed by atoms with Gasteiger partial charge in [-0.1, -0.05) is 17.4 Å². The number of nitrogens with one attached hydrogen (secondary N) is 1. The van der Waals surface area contributed by atoms with Crippen molar-refractivity contribution in [3.8, 4) is 5.75 Å². The van der Waals surface area contributed by atoms with Crippen molar-refractivity contribution in [3.63, 3.8) is 0 Å². The van der Waals surface area contributed by atoms with E-state index in [0.717, 1.165) is 29.7 Å². The predicted octanol–water partition coefficient (Wildman–Crippen LogP) is 5.07. The molecule has 0 bridgehead atoms. The summed E-state index contributed by atoms with van der Waals surface area (Å²) in [5.74, 6) is -0.176. The lowest BCUT2D eigenvalue weighted by Gasteiger charge is -2.23. The second-order valence-corrected chi connectivity index (χ2v) is 11.2. The summed E-state index contributed by atoms with van der Waals surface area (Å²) in [5.41, 5.74) is 1.32. The number of fused-ring (bicyclic) bond motifs is 1. The highest BCUT2D eigenvalue weighted by Gasteiger charge is 2.27. The molecule has 1 N–H and O–H groups in total. The normalized spacial score (nSPS) is 15.6. The molecule has 0 radical (unpaired) electrons. The molecule has 1 fully saturated rings. The molecule has 0 saturated carbocycles. The summed E-state index contributed by atoms with van der Waals surface area (Å²) in [7, 11) is -2.33. The van der Waals surface area contributed by atoms with Crippen molar-refractivity contribution < 1.29 is 27.1 Å². The number of amides is 1. The van der Waals surface area contributed by atoms with Gasteiger partial charge < -0.3 is 9.47 Å². The Hall–Kier alpha value is -3.54. The van der Waals surface area contributed by atoms with Crippen LogP contribution in [0.15, 0.2) is 71.6 Å². The maximum Gasteiger partial charge on any atom is 0.261 e. The van der Waals surface area contributed by atoms with Crippen LogP contribution in [-0.4, -0.2) is 45.7 Å². The van der Waals surface area contributed by atoms with Crippen LogP contribution in [-0.2, 0) is 14.8 Å². The van der Waals surface area contributed by atoms with E-state index in [1.165, 1.54) is 35.6 Å². The van der Waals surface area contributed by atoms with Crippen LogP contribution < -0.4 is 14.4 Å². The van der Waals surface area contributed by atoms with Crippen LogP contribution in [0.5, 0.6) is 5.75 Å². The summed E-state index contributed by atoms with van der Waals surface area (Å²) < 4.78 is 53.0. The molecule has 3 aromatic carbocycles. The molecule has 4 aromatic rings. The molecule has 37 heavy (non-hydrogen) atoms. The molecule has 192 valence electrons. The Bertz CT molecular complexity index is 1520. The van der Waals surface area contributed by atoms with E-state index in [0.29, 0.717) is 35.1 Å². The minimum Gasteiger partial charge on any atom is -0.494 e. The van der Waals surface area contributed by atoms with Gasteiger partial charge in [0.15, 0.2) is 5.13 Å². The fourth-order valence-electron chi connectivity index (χ4n) is 4.10. The quantitative estimate of drug-likeness (QED) is 0.335. The average molecular weight is 542 g/mol. The number of ether oxygens (including phenoxy) is 2. The van der Waals surface area contributed by atoms with E-state index < -0.39 is 15.8 Å². The molecular weight excluding hydrogens is 517 g/mol. The zero-order valence-corrected chi connectivity index (χ0v) is 21.5. The summed E-state index contributed by atoms with van der Waals surface area (Å²) in [6, 6.07) is 16.3. The number of carbonyl (C=O) groups is 1. The van der Waals surface area contributed by atoms with Gasteiger partial charge >= 0.3 is 0 Å². The number of thiazole rings is 1. The van der Waals surface area contributed by atoms with Gasteiger partial charge in [0.2, 0.25) is 0 Å². The van der Waals surface area contributed by atoms with E-state index in [-0.39, 0.29) is 22.6 Å². The van der Waals surface area contributed by atoms with E-state index in [1.54, 1.807) is 24.1 Å².